The van der Waals surface area contributed by atoms with E-state index in [-0.39, 0.29) is 6.61 Å². The Labute approximate surface area is 208 Å². The summed E-state index contributed by atoms with van der Waals surface area (Å²) in [6, 6.07) is 19.0. The van der Waals surface area contributed by atoms with Crippen molar-refractivity contribution in [1.29, 1.82) is 0 Å². The molecule has 4 atom stereocenters. The number of hydrogen-bond acceptors (Lipinski definition) is 9. The Morgan fingerprint density at radius 1 is 0.806 bits per heavy atom. The average molecular weight is 489 g/mol. The van der Waals surface area contributed by atoms with Crippen LogP contribution < -0.4 is 9.80 Å². The molecule has 36 heavy (non-hydrogen) atoms. The second-order valence-electron chi connectivity index (χ2n) is 9.14. The number of nitrogens with zero attached hydrogens (tertiary/aromatic N) is 6. The number of hydrogen-bond donors (Lipinski definition) is 3. The van der Waals surface area contributed by atoms with Crippen molar-refractivity contribution in [2.75, 3.05) is 42.6 Å². The summed E-state index contributed by atoms with van der Waals surface area (Å²) in [6.07, 6.45) is -1.12. The molecular formula is C26H28N6O4. The molecule has 2 aromatic carbocycles. The lowest BCUT2D eigenvalue weighted by Crippen LogP contribution is -2.47. The maximum atomic E-state index is 10.4. The van der Waals surface area contributed by atoms with E-state index < -0.39 is 24.5 Å². The zero-order valence-electron chi connectivity index (χ0n) is 19.6. The normalized spacial score (nSPS) is 24.5. The first-order valence-corrected chi connectivity index (χ1v) is 12.1. The molecule has 2 aliphatic rings. The molecule has 6 rings (SSSR count). The van der Waals surface area contributed by atoms with Crippen LogP contribution in [-0.2, 0) is 4.74 Å². The van der Waals surface area contributed by atoms with E-state index in [1.54, 1.807) is 4.57 Å². The molecule has 2 fully saturated rings. The number of anilines is 2. The highest BCUT2D eigenvalue weighted by Gasteiger charge is 2.44. The van der Waals surface area contributed by atoms with Crippen molar-refractivity contribution >= 4 is 22.7 Å². The van der Waals surface area contributed by atoms with Gasteiger partial charge in [0.05, 0.1) is 12.9 Å². The Hall–Kier alpha value is -3.57. The van der Waals surface area contributed by atoms with Crippen LogP contribution in [-0.4, -0.2) is 85.9 Å². The van der Waals surface area contributed by atoms with Crippen LogP contribution in [0, 0.1) is 0 Å². The highest BCUT2D eigenvalue weighted by atomic mass is 16.6. The van der Waals surface area contributed by atoms with Crippen LogP contribution in [0.4, 0.5) is 11.5 Å². The van der Waals surface area contributed by atoms with E-state index >= 15 is 0 Å². The monoisotopic (exact) mass is 488 g/mol. The van der Waals surface area contributed by atoms with Crippen LogP contribution in [0.1, 0.15) is 6.23 Å². The van der Waals surface area contributed by atoms with Gasteiger partial charge < -0.3 is 29.9 Å². The molecule has 0 saturated carbocycles. The van der Waals surface area contributed by atoms with Gasteiger partial charge in [0, 0.05) is 31.9 Å². The first kappa shape index (κ1) is 22.9. The predicted molar refractivity (Wildman–Crippen MR) is 135 cm³/mol. The smallest absolute Gasteiger partial charge is 0.167 e. The quantitative estimate of drug-likeness (QED) is 0.383. The second kappa shape index (κ2) is 9.47. The van der Waals surface area contributed by atoms with E-state index in [9.17, 15) is 15.3 Å². The SMILES string of the molecule is OC[C@H]1O[C@@H](n2cnc3c(N4CCN(c5ccc(-c6ccccc6)cc5)CC4)ncnc32)[C@H](O)[C@@H]1O. The van der Waals surface area contributed by atoms with E-state index in [1.807, 2.05) is 18.2 Å². The molecule has 2 aliphatic heterocycles. The van der Waals surface area contributed by atoms with Crippen LogP contribution in [0.25, 0.3) is 22.3 Å². The summed E-state index contributed by atoms with van der Waals surface area (Å²) >= 11 is 0. The van der Waals surface area contributed by atoms with Gasteiger partial charge in [0.25, 0.3) is 0 Å². The molecule has 186 valence electrons. The van der Waals surface area contributed by atoms with Crippen LogP contribution >= 0.6 is 0 Å². The van der Waals surface area contributed by atoms with Crippen LogP contribution in [0.5, 0.6) is 0 Å². The molecule has 2 aromatic heterocycles. The zero-order valence-corrected chi connectivity index (χ0v) is 19.6. The topological polar surface area (TPSA) is 120 Å². The van der Waals surface area contributed by atoms with Gasteiger partial charge in [0.15, 0.2) is 23.2 Å². The fraction of sp³-hybridized carbons (Fsp3) is 0.346. The first-order valence-electron chi connectivity index (χ1n) is 12.1. The molecule has 0 unspecified atom stereocenters. The average Bonchev–Trinajstić information content (AvgIpc) is 3.49. The molecule has 2 saturated heterocycles. The summed E-state index contributed by atoms with van der Waals surface area (Å²) in [5.41, 5.74) is 4.71. The maximum Gasteiger partial charge on any atom is 0.167 e. The van der Waals surface area contributed by atoms with Gasteiger partial charge in [-0.15, -0.1) is 0 Å². The Kier molecular flexibility index (Phi) is 6.02. The Morgan fingerprint density at radius 2 is 1.50 bits per heavy atom. The number of aromatic nitrogens is 4. The van der Waals surface area contributed by atoms with Gasteiger partial charge >= 0.3 is 0 Å². The number of ether oxygens (including phenoxy) is 1. The number of aliphatic hydroxyl groups is 3. The minimum absolute atomic E-state index is 0.388. The van der Waals surface area contributed by atoms with Crippen molar-refractivity contribution in [2.24, 2.45) is 0 Å². The lowest BCUT2D eigenvalue weighted by atomic mass is 10.1. The molecule has 0 aliphatic carbocycles. The van der Waals surface area contributed by atoms with Crippen molar-refractivity contribution in [1.82, 2.24) is 19.5 Å². The second-order valence-corrected chi connectivity index (χ2v) is 9.14. The van der Waals surface area contributed by atoms with E-state index in [2.05, 4.69) is 61.1 Å². The third-order valence-corrected chi connectivity index (χ3v) is 7.05. The van der Waals surface area contributed by atoms with Crippen molar-refractivity contribution in [3.63, 3.8) is 0 Å². The summed E-state index contributed by atoms with van der Waals surface area (Å²) in [7, 11) is 0. The summed E-state index contributed by atoms with van der Waals surface area (Å²) < 4.78 is 7.26. The highest BCUT2D eigenvalue weighted by Crippen LogP contribution is 2.33. The summed E-state index contributed by atoms with van der Waals surface area (Å²) in [5, 5.41) is 30.0. The maximum absolute atomic E-state index is 10.4. The summed E-state index contributed by atoms with van der Waals surface area (Å²) in [6.45, 7) is 2.83. The Bertz CT molecular complexity index is 1320. The number of fused-ring (bicyclic) bond motifs is 1. The fourth-order valence-electron chi connectivity index (χ4n) is 5.04. The van der Waals surface area contributed by atoms with Crippen LogP contribution in [0.3, 0.4) is 0 Å². The minimum atomic E-state index is -1.20. The molecular weight excluding hydrogens is 460 g/mol. The molecule has 0 amide bonds. The van der Waals surface area contributed by atoms with Gasteiger partial charge in [-0.2, -0.15) is 0 Å². The van der Waals surface area contributed by atoms with Gasteiger partial charge in [-0.05, 0) is 23.3 Å². The standard InChI is InChI=1S/C26H28N6O4/c33-14-20-22(34)23(35)26(36-20)32-16-29-21-24(27-15-28-25(21)32)31-12-10-30(11-13-31)19-8-6-18(7-9-19)17-4-2-1-3-5-17/h1-9,15-16,20,22-23,26,33-35H,10-14H2/t20-,22-,23-,26-/m1/s1. The number of imidazole rings is 1. The highest BCUT2D eigenvalue weighted by molar-refractivity contribution is 5.83. The molecule has 3 N–H and O–H groups in total. The molecule has 0 bridgehead atoms. The molecule has 0 spiro atoms. The van der Waals surface area contributed by atoms with E-state index in [0.717, 1.165) is 32.0 Å². The molecule has 4 aromatic rings. The van der Waals surface area contributed by atoms with Gasteiger partial charge in [-0.1, -0.05) is 42.5 Å². The third-order valence-electron chi connectivity index (χ3n) is 7.05. The molecule has 4 heterocycles. The van der Waals surface area contributed by atoms with Crippen molar-refractivity contribution in [3.8, 4) is 11.1 Å². The van der Waals surface area contributed by atoms with Gasteiger partial charge in [-0.3, -0.25) is 4.57 Å². The van der Waals surface area contributed by atoms with Crippen LogP contribution in [0.15, 0.2) is 67.3 Å². The van der Waals surface area contributed by atoms with Crippen molar-refractivity contribution in [2.45, 2.75) is 24.5 Å². The Balaban J connectivity index is 1.17. The zero-order chi connectivity index (χ0) is 24.6. The predicted octanol–water partition coefficient (Wildman–Crippen LogP) is 1.43. The summed E-state index contributed by atoms with van der Waals surface area (Å²) in [5.74, 6) is 0.726. The Morgan fingerprint density at radius 3 is 2.19 bits per heavy atom. The van der Waals surface area contributed by atoms with Crippen LogP contribution in [0.2, 0.25) is 0 Å². The third kappa shape index (κ3) is 3.97. The lowest BCUT2D eigenvalue weighted by molar-refractivity contribution is -0.0511. The van der Waals surface area contributed by atoms with Gasteiger partial charge in [0.1, 0.15) is 24.6 Å². The largest absolute Gasteiger partial charge is 0.394 e. The molecule has 10 nitrogen and oxygen atoms in total. The van der Waals surface area contributed by atoms with Gasteiger partial charge in [0.2, 0.25) is 0 Å². The first-order chi connectivity index (χ1) is 17.6. The summed E-state index contributed by atoms with van der Waals surface area (Å²) in [4.78, 5) is 17.9. The number of aliphatic hydroxyl groups excluding tert-OH is 3. The fourth-order valence-corrected chi connectivity index (χ4v) is 5.04. The van der Waals surface area contributed by atoms with Crippen molar-refractivity contribution < 1.29 is 20.1 Å². The number of benzene rings is 2. The molecule has 10 heteroatoms. The van der Waals surface area contributed by atoms with Crippen molar-refractivity contribution in [3.05, 3.63) is 67.3 Å². The van der Waals surface area contributed by atoms with E-state index in [1.165, 1.54) is 29.5 Å². The molecule has 0 radical (unpaired) electrons. The number of rotatable bonds is 5. The van der Waals surface area contributed by atoms with E-state index in [0.29, 0.717) is 11.2 Å². The van der Waals surface area contributed by atoms with Gasteiger partial charge in [-0.25, -0.2) is 15.0 Å². The number of piperazine rings is 1. The van der Waals surface area contributed by atoms with E-state index in [4.69, 9.17) is 4.74 Å². The minimum Gasteiger partial charge on any atom is -0.394 e. The lowest BCUT2D eigenvalue weighted by Gasteiger charge is -2.36.